The van der Waals surface area contributed by atoms with Gasteiger partial charge < -0.3 is 10.8 Å². The van der Waals surface area contributed by atoms with E-state index in [0.29, 0.717) is 12.1 Å². The molecule has 3 unspecified atom stereocenters. The van der Waals surface area contributed by atoms with E-state index in [1.807, 2.05) is 0 Å². The molecule has 82 valence electrons. The summed E-state index contributed by atoms with van der Waals surface area (Å²) in [6.07, 6.45) is 3.19. The lowest BCUT2D eigenvalue weighted by Gasteiger charge is -2.32. The Labute approximate surface area is 85.1 Å². The molecule has 1 fully saturated rings. The zero-order chi connectivity index (χ0) is 10.7. The van der Waals surface area contributed by atoms with Gasteiger partial charge in [0, 0.05) is 18.6 Å². The van der Waals surface area contributed by atoms with Crippen molar-refractivity contribution in [3.8, 4) is 0 Å². The molecule has 0 saturated carbocycles. The maximum absolute atomic E-state index is 11.0. The van der Waals surface area contributed by atoms with E-state index < -0.39 is 12.0 Å². The number of rotatable bonds is 4. The minimum Gasteiger partial charge on any atom is -0.480 e. The smallest absolute Gasteiger partial charge is 0.322 e. The number of hydrogen-bond acceptors (Lipinski definition) is 3. The Morgan fingerprint density at radius 3 is 2.71 bits per heavy atom. The molecule has 0 aromatic heterocycles. The fraction of sp³-hybridized carbons (Fsp3) is 0.900. The van der Waals surface area contributed by atoms with Gasteiger partial charge in [-0.2, -0.15) is 0 Å². The summed E-state index contributed by atoms with van der Waals surface area (Å²) in [5.74, 6) is -0.792. The van der Waals surface area contributed by atoms with Gasteiger partial charge in [0.25, 0.3) is 0 Å². The van der Waals surface area contributed by atoms with E-state index in [4.69, 9.17) is 10.8 Å². The molecular formula is C10H20N2O2. The molecule has 14 heavy (non-hydrogen) atoms. The van der Waals surface area contributed by atoms with Crippen molar-refractivity contribution in [3.63, 3.8) is 0 Å². The normalized spacial score (nSPS) is 30.5. The Bertz CT molecular complexity index is 208. The van der Waals surface area contributed by atoms with Gasteiger partial charge in [0.2, 0.25) is 0 Å². The van der Waals surface area contributed by atoms with Crippen LogP contribution in [0.2, 0.25) is 0 Å². The third-order valence-corrected chi connectivity index (χ3v) is 3.19. The van der Waals surface area contributed by atoms with Crippen LogP contribution in [0.1, 0.15) is 33.1 Å². The molecule has 0 bridgehead atoms. The van der Waals surface area contributed by atoms with Gasteiger partial charge in [-0.25, -0.2) is 0 Å². The first kappa shape index (κ1) is 11.5. The number of likely N-dealkylation sites (tertiary alicyclic amines) is 1. The van der Waals surface area contributed by atoms with Crippen molar-refractivity contribution in [3.05, 3.63) is 0 Å². The quantitative estimate of drug-likeness (QED) is 0.699. The highest BCUT2D eigenvalue weighted by molar-refractivity contribution is 5.74. The monoisotopic (exact) mass is 200 g/mol. The molecule has 1 aliphatic heterocycles. The minimum absolute atomic E-state index is 0.205. The van der Waals surface area contributed by atoms with Crippen molar-refractivity contribution < 1.29 is 9.90 Å². The number of carbonyl (C=O) groups is 1. The maximum Gasteiger partial charge on any atom is 0.322 e. The second-order valence-corrected chi connectivity index (χ2v) is 4.03. The van der Waals surface area contributed by atoms with Crippen LogP contribution in [0.4, 0.5) is 0 Å². The standard InChI is InChI=1S/C10H20N2O2/c1-3-8-5-4-7(2)12(8)9(6-11)10(13)14/h7-9H,3-6,11H2,1-2H3,(H,13,14). The molecule has 0 amide bonds. The molecule has 3 atom stereocenters. The largest absolute Gasteiger partial charge is 0.480 e. The number of carboxylic acids is 1. The Hall–Kier alpha value is -0.610. The van der Waals surface area contributed by atoms with E-state index >= 15 is 0 Å². The third kappa shape index (κ3) is 2.07. The molecule has 0 aromatic carbocycles. The van der Waals surface area contributed by atoms with Crippen LogP contribution in [0.25, 0.3) is 0 Å². The summed E-state index contributed by atoms with van der Waals surface area (Å²) < 4.78 is 0. The number of hydrogen-bond donors (Lipinski definition) is 2. The summed E-state index contributed by atoms with van der Waals surface area (Å²) in [7, 11) is 0. The third-order valence-electron chi connectivity index (χ3n) is 3.19. The van der Waals surface area contributed by atoms with Crippen LogP contribution < -0.4 is 5.73 Å². The van der Waals surface area contributed by atoms with Gasteiger partial charge >= 0.3 is 5.97 Å². The number of nitrogens with zero attached hydrogens (tertiary/aromatic N) is 1. The SMILES string of the molecule is CCC1CCC(C)N1C(CN)C(=O)O. The number of carboxylic acid groups (broad SMARTS) is 1. The van der Waals surface area contributed by atoms with Crippen LogP contribution in [0.5, 0.6) is 0 Å². The molecule has 0 radical (unpaired) electrons. The van der Waals surface area contributed by atoms with Crippen LogP contribution in [-0.2, 0) is 4.79 Å². The molecule has 1 aliphatic rings. The minimum atomic E-state index is -0.792. The molecule has 0 spiro atoms. The van der Waals surface area contributed by atoms with Gasteiger partial charge in [-0.3, -0.25) is 9.69 Å². The average molecular weight is 200 g/mol. The zero-order valence-corrected chi connectivity index (χ0v) is 8.94. The maximum atomic E-state index is 11.0. The topological polar surface area (TPSA) is 66.6 Å². The molecule has 4 heteroatoms. The van der Waals surface area contributed by atoms with Crippen LogP contribution in [0.3, 0.4) is 0 Å². The van der Waals surface area contributed by atoms with Crippen LogP contribution in [0, 0.1) is 0 Å². The first-order chi connectivity index (χ1) is 6.61. The molecular weight excluding hydrogens is 180 g/mol. The average Bonchev–Trinajstić information content (AvgIpc) is 2.49. The Morgan fingerprint density at radius 2 is 2.29 bits per heavy atom. The van der Waals surface area contributed by atoms with E-state index in [0.717, 1.165) is 19.3 Å². The van der Waals surface area contributed by atoms with E-state index in [2.05, 4.69) is 18.7 Å². The molecule has 0 aliphatic carbocycles. The van der Waals surface area contributed by atoms with Gasteiger partial charge in [-0.05, 0) is 26.2 Å². The van der Waals surface area contributed by atoms with E-state index in [1.165, 1.54) is 0 Å². The lowest BCUT2D eigenvalue weighted by atomic mass is 10.1. The molecule has 3 N–H and O–H groups in total. The summed E-state index contributed by atoms with van der Waals surface area (Å²) in [4.78, 5) is 13.1. The fourth-order valence-electron chi connectivity index (χ4n) is 2.42. The summed E-state index contributed by atoms with van der Waals surface area (Å²) in [5.41, 5.74) is 5.51. The summed E-state index contributed by atoms with van der Waals surface area (Å²) in [5, 5.41) is 9.04. The van der Waals surface area contributed by atoms with Crippen molar-refractivity contribution in [1.29, 1.82) is 0 Å². The van der Waals surface area contributed by atoms with Crippen molar-refractivity contribution >= 4 is 5.97 Å². The summed E-state index contributed by atoms with van der Waals surface area (Å²) in [6.45, 7) is 4.39. The highest BCUT2D eigenvalue weighted by Crippen LogP contribution is 2.27. The van der Waals surface area contributed by atoms with E-state index in [-0.39, 0.29) is 6.54 Å². The summed E-state index contributed by atoms with van der Waals surface area (Å²) >= 11 is 0. The zero-order valence-electron chi connectivity index (χ0n) is 8.94. The van der Waals surface area contributed by atoms with Gasteiger partial charge in [0.05, 0.1) is 0 Å². The van der Waals surface area contributed by atoms with Crippen molar-refractivity contribution in [2.75, 3.05) is 6.54 Å². The first-order valence-corrected chi connectivity index (χ1v) is 5.32. The Kier molecular flexibility index (Phi) is 3.89. The molecule has 0 aromatic rings. The highest BCUT2D eigenvalue weighted by Gasteiger charge is 2.37. The van der Waals surface area contributed by atoms with Crippen molar-refractivity contribution in [1.82, 2.24) is 4.90 Å². The summed E-state index contributed by atoms with van der Waals surface area (Å²) in [6, 6.07) is 0.247. The van der Waals surface area contributed by atoms with Crippen molar-refractivity contribution in [2.24, 2.45) is 5.73 Å². The fourth-order valence-corrected chi connectivity index (χ4v) is 2.42. The van der Waals surface area contributed by atoms with Crippen LogP contribution in [-0.4, -0.2) is 40.6 Å². The number of nitrogens with two attached hydrogens (primary N) is 1. The predicted octanol–water partition coefficient (Wildman–Crippen LogP) is 0.661. The molecule has 4 nitrogen and oxygen atoms in total. The van der Waals surface area contributed by atoms with E-state index in [9.17, 15) is 4.79 Å². The Morgan fingerprint density at radius 1 is 1.64 bits per heavy atom. The predicted molar refractivity (Wildman–Crippen MR) is 55.1 cm³/mol. The second-order valence-electron chi connectivity index (χ2n) is 4.03. The lowest BCUT2D eigenvalue weighted by Crippen LogP contribution is -2.51. The van der Waals surface area contributed by atoms with Gasteiger partial charge in [0.1, 0.15) is 6.04 Å². The van der Waals surface area contributed by atoms with Crippen molar-refractivity contribution in [2.45, 2.75) is 51.2 Å². The van der Waals surface area contributed by atoms with Gasteiger partial charge in [-0.1, -0.05) is 6.92 Å². The van der Waals surface area contributed by atoms with E-state index in [1.54, 1.807) is 0 Å². The first-order valence-electron chi connectivity index (χ1n) is 5.32. The number of aliphatic carboxylic acids is 1. The molecule has 1 saturated heterocycles. The second kappa shape index (κ2) is 4.75. The lowest BCUT2D eigenvalue weighted by molar-refractivity contribution is -0.144. The Balaban J connectivity index is 2.75. The highest BCUT2D eigenvalue weighted by atomic mass is 16.4. The molecule has 1 heterocycles. The van der Waals surface area contributed by atoms with Crippen LogP contribution in [0.15, 0.2) is 0 Å². The van der Waals surface area contributed by atoms with Crippen LogP contribution >= 0.6 is 0 Å². The molecule has 1 rings (SSSR count). The van der Waals surface area contributed by atoms with Gasteiger partial charge in [-0.15, -0.1) is 0 Å². The van der Waals surface area contributed by atoms with Gasteiger partial charge in [0.15, 0.2) is 0 Å².